The lowest BCUT2D eigenvalue weighted by molar-refractivity contribution is -0.131. The van der Waals surface area contributed by atoms with Gasteiger partial charge in [-0.05, 0) is 18.8 Å². The maximum Gasteiger partial charge on any atom is 0.226 e. The Morgan fingerprint density at radius 3 is 3.00 bits per heavy atom. The molecule has 0 spiro atoms. The Morgan fingerprint density at radius 1 is 1.67 bits per heavy atom. The topological polar surface area (TPSA) is 46.3 Å². The van der Waals surface area contributed by atoms with Gasteiger partial charge in [-0.1, -0.05) is 6.92 Å². The van der Waals surface area contributed by atoms with Crippen LogP contribution in [0.5, 0.6) is 0 Å². The number of likely N-dealkylation sites (tertiary alicyclic amines) is 1. The fraction of sp³-hybridized carbons (Fsp3) is 0.889. The summed E-state index contributed by atoms with van der Waals surface area (Å²) in [6.07, 6.45) is 2.14. The van der Waals surface area contributed by atoms with Crippen LogP contribution in [0.4, 0.5) is 0 Å². The van der Waals surface area contributed by atoms with E-state index in [0.717, 1.165) is 19.4 Å². The first-order chi connectivity index (χ1) is 5.79. The smallest absolute Gasteiger partial charge is 0.226 e. The second kappa shape index (κ2) is 2.73. The van der Waals surface area contributed by atoms with Gasteiger partial charge in [-0.25, -0.2) is 0 Å². The summed E-state index contributed by atoms with van der Waals surface area (Å²) >= 11 is 0. The molecule has 0 aromatic rings. The van der Waals surface area contributed by atoms with E-state index in [2.05, 4.69) is 6.92 Å². The molecule has 1 amide bonds. The van der Waals surface area contributed by atoms with Crippen LogP contribution >= 0.6 is 0 Å². The van der Waals surface area contributed by atoms with E-state index < -0.39 is 0 Å². The predicted molar refractivity (Wildman–Crippen MR) is 46.4 cm³/mol. The van der Waals surface area contributed by atoms with E-state index in [1.165, 1.54) is 0 Å². The second-order valence-electron chi connectivity index (χ2n) is 3.84. The SMILES string of the molecule is CCCN1C(=O)C2CC2C1CN. The van der Waals surface area contributed by atoms with Gasteiger partial charge < -0.3 is 10.6 Å². The Bertz CT molecular complexity index is 205. The Morgan fingerprint density at radius 2 is 2.42 bits per heavy atom. The van der Waals surface area contributed by atoms with Crippen LogP contribution in [-0.2, 0) is 4.79 Å². The van der Waals surface area contributed by atoms with Crippen molar-refractivity contribution in [2.24, 2.45) is 17.6 Å². The first kappa shape index (κ1) is 8.05. The molecule has 68 valence electrons. The third-order valence-corrected chi connectivity index (χ3v) is 3.04. The van der Waals surface area contributed by atoms with Crippen molar-refractivity contribution in [1.29, 1.82) is 0 Å². The third-order valence-electron chi connectivity index (χ3n) is 3.04. The van der Waals surface area contributed by atoms with Crippen LogP contribution in [0.3, 0.4) is 0 Å². The minimum Gasteiger partial charge on any atom is -0.338 e. The largest absolute Gasteiger partial charge is 0.338 e. The van der Waals surface area contributed by atoms with Gasteiger partial charge in [0.25, 0.3) is 0 Å². The summed E-state index contributed by atoms with van der Waals surface area (Å²) in [4.78, 5) is 13.6. The van der Waals surface area contributed by atoms with E-state index in [1.54, 1.807) is 0 Å². The zero-order chi connectivity index (χ0) is 8.72. The molecular formula is C9H16N2O. The van der Waals surface area contributed by atoms with Crippen LogP contribution in [0, 0.1) is 11.8 Å². The minimum absolute atomic E-state index is 0.352. The Balaban J connectivity index is 2.05. The van der Waals surface area contributed by atoms with E-state index in [4.69, 9.17) is 5.73 Å². The van der Waals surface area contributed by atoms with E-state index in [1.807, 2.05) is 4.90 Å². The molecule has 0 aromatic carbocycles. The molecule has 3 heteroatoms. The van der Waals surface area contributed by atoms with Crippen molar-refractivity contribution in [3.63, 3.8) is 0 Å². The van der Waals surface area contributed by atoms with E-state index in [0.29, 0.717) is 30.3 Å². The minimum atomic E-state index is 0.352. The molecule has 1 saturated heterocycles. The van der Waals surface area contributed by atoms with Gasteiger partial charge in [0.2, 0.25) is 5.91 Å². The molecule has 1 aliphatic carbocycles. The zero-order valence-electron chi connectivity index (χ0n) is 7.49. The molecule has 0 radical (unpaired) electrons. The van der Waals surface area contributed by atoms with E-state index >= 15 is 0 Å². The van der Waals surface area contributed by atoms with Gasteiger partial charge in [0.05, 0.1) is 0 Å². The van der Waals surface area contributed by atoms with Crippen molar-refractivity contribution in [2.45, 2.75) is 25.8 Å². The average Bonchev–Trinajstić information content (AvgIpc) is 2.79. The number of carbonyl (C=O) groups is 1. The zero-order valence-corrected chi connectivity index (χ0v) is 7.49. The summed E-state index contributed by atoms with van der Waals surface area (Å²) < 4.78 is 0. The molecule has 1 heterocycles. The second-order valence-corrected chi connectivity index (χ2v) is 3.84. The average molecular weight is 168 g/mol. The summed E-state index contributed by atoms with van der Waals surface area (Å²) in [7, 11) is 0. The molecule has 3 unspecified atom stereocenters. The number of amides is 1. The van der Waals surface area contributed by atoms with Crippen LogP contribution in [-0.4, -0.2) is 29.9 Å². The van der Waals surface area contributed by atoms with Gasteiger partial charge >= 0.3 is 0 Å². The van der Waals surface area contributed by atoms with Crippen LogP contribution in [0.1, 0.15) is 19.8 Å². The molecule has 2 fully saturated rings. The molecule has 0 bridgehead atoms. The molecule has 12 heavy (non-hydrogen) atoms. The Labute approximate surface area is 72.9 Å². The summed E-state index contributed by atoms with van der Waals surface area (Å²) in [5.74, 6) is 1.32. The van der Waals surface area contributed by atoms with Crippen molar-refractivity contribution in [2.75, 3.05) is 13.1 Å². The van der Waals surface area contributed by atoms with Gasteiger partial charge in [-0.2, -0.15) is 0 Å². The summed E-state index contributed by atoms with van der Waals surface area (Å²) in [6, 6.07) is 0.363. The molecular weight excluding hydrogens is 152 g/mol. The van der Waals surface area contributed by atoms with Gasteiger partial charge in [0.1, 0.15) is 0 Å². The number of hydrogen-bond donors (Lipinski definition) is 1. The number of piperidine rings is 1. The molecule has 2 rings (SSSR count). The number of carbonyl (C=O) groups excluding carboxylic acids is 1. The lowest BCUT2D eigenvalue weighted by Crippen LogP contribution is -2.41. The van der Waals surface area contributed by atoms with E-state index in [-0.39, 0.29) is 0 Å². The highest BCUT2D eigenvalue weighted by Crippen LogP contribution is 2.49. The number of nitrogens with zero attached hydrogens (tertiary/aromatic N) is 1. The number of fused-ring (bicyclic) bond motifs is 1. The van der Waals surface area contributed by atoms with Gasteiger partial charge in [-0.3, -0.25) is 4.79 Å². The lowest BCUT2D eigenvalue weighted by atomic mass is 10.2. The molecule has 1 aliphatic heterocycles. The quantitative estimate of drug-likeness (QED) is 0.654. The fourth-order valence-corrected chi connectivity index (χ4v) is 2.35. The summed E-state index contributed by atoms with van der Waals surface area (Å²) in [5, 5.41) is 0. The standard InChI is InChI=1S/C9H16N2O/c1-2-3-11-8(5-10)6-4-7(6)9(11)12/h6-8H,2-5,10H2,1H3. The van der Waals surface area contributed by atoms with Gasteiger partial charge in [-0.15, -0.1) is 0 Å². The summed E-state index contributed by atoms with van der Waals surface area (Å²) in [5.41, 5.74) is 5.64. The maximum absolute atomic E-state index is 11.6. The highest BCUT2D eigenvalue weighted by Gasteiger charge is 2.57. The lowest BCUT2D eigenvalue weighted by Gasteiger charge is -2.25. The van der Waals surface area contributed by atoms with Crippen LogP contribution in [0.2, 0.25) is 0 Å². The Kier molecular flexibility index (Phi) is 1.83. The molecule has 1 saturated carbocycles. The number of hydrogen-bond acceptors (Lipinski definition) is 2. The van der Waals surface area contributed by atoms with Crippen LogP contribution in [0.25, 0.3) is 0 Å². The van der Waals surface area contributed by atoms with Crippen molar-refractivity contribution in [1.82, 2.24) is 4.90 Å². The Hall–Kier alpha value is -0.570. The molecule has 3 nitrogen and oxygen atoms in total. The monoisotopic (exact) mass is 168 g/mol. The first-order valence-electron chi connectivity index (χ1n) is 4.80. The third kappa shape index (κ3) is 0.959. The molecule has 0 aromatic heterocycles. The first-order valence-corrected chi connectivity index (χ1v) is 4.80. The van der Waals surface area contributed by atoms with Gasteiger partial charge in [0.15, 0.2) is 0 Å². The molecule has 3 atom stereocenters. The highest BCUT2D eigenvalue weighted by molar-refractivity contribution is 5.85. The van der Waals surface area contributed by atoms with Crippen LogP contribution < -0.4 is 5.73 Å². The van der Waals surface area contributed by atoms with Gasteiger partial charge in [0, 0.05) is 25.0 Å². The highest BCUT2D eigenvalue weighted by atomic mass is 16.2. The molecule has 2 N–H and O–H groups in total. The fourth-order valence-electron chi connectivity index (χ4n) is 2.35. The maximum atomic E-state index is 11.6. The van der Waals surface area contributed by atoms with Crippen molar-refractivity contribution in [3.8, 4) is 0 Å². The normalized spacial score (nSPS) is 38.7. The molecule has 2 aliphatic rings. The van der Waals surface area contributed by atoms with E-state index in [9.17, 15) is 4.79 Å². The summed E-state index contributed by atoms with van der Waals surface area (Å²) in [6.45, 7) is 3.64. The van der Waals surface area contributed by atoms with Crippen molar-refractivity contribution >= 4 is 5.91 Å². The number of rotatable bonds is 3. The number of nitrogens with two attached hydrogens (primary N) is 1. The van der Waals surface area contributed by atoms with Crippen molar-refractivity contribution < 1.29 is 4.79 Å². The van der Waals surface area contributed by atoms with Crippen molar-refractivity contribution in [3.05, 3.63) is 0 Å². The predicted octanol–water partition coefficient (Wildman–Crippen LogP) is 0.202. The van der Waals surface area contributed by atoms with Crippen LogP contribution in [0.15, 0.2) is 0 Å².